The monoisotopic (exact) mass is 540 g/mol. The van der Waals surface area contributed by atoms with Gasteiger partial charge in [0.25, 0.3) is 5.56 Å². The highest BCUT2D eigenvalue weighted by molar-refractivity contribution is 7.07. The molecule has 0 fully saturated rings. The molecule has 0 saturated carbocycles. The molecule has 3 aromatic carbocycles. The Hall–Kier alpha value is -4.43. The van der Waals surface area contributed by atoms with Crippen molar-refractivity contribution in [3.8, 4) is 11.5 Å². The summed E-state index contributed by atoms with van der Waals surface area (Å²) in [6.07, 6.45) is 1.81. The molecule has 198 valence electrons. The first kappa shape index (κ1) is 26.2. The third kappa shape index (κ3) is 5.15. The van der Waals surface area contributed by atoms with Crippen LogP contribution in [-0.2, 0) is 9.53 Å². The lowest BCUT2D eigenvalue weighted by Gasteiger charge is -2.26. The van der Waals surface area contributed by atoms with Gasteiger partial charge in [0.1, 0.15) is 11.5 Å². The van der Waals surface area contributed by atoms with Crippen LogP contribution in [0.15, 0.2) is 94.2 Å². The number of carbonyl (C=O) groups is 1. The van der Waals surface area contributed by atoms with Crippen molar-refractivity contribution in [1.82, 2.24) is 4.57 Å². The first-order valence-electron chi connectivity index (χ1n) is 12.7. The van der Waals surface area contributed by atoms with E-state index in [1.54, 1.807) is 18.6 Å². The van der Waals surface area contributed by atoms with E-state index in [1.807, 2.05) is 91.9 Å². The lowest BCUT2D eigenvalue weighted by atomic mass is 9.93. The van der Waals surface area contributed by atoms with Crippen LogP contribution in [0.1, 0.15) is 36.6 Å². The minimum atomic E-state index is -0.769. The summed E-state index contributed by atoms with van der Waals surface area (Å²) in [4.78, 5) is 32.9. The smallest absolute Gasteiger partial charge is 0.338 e. The van der Waals surface area contributed by atoms with Crippen LogP contribution < -0.4 is 24.4 Å². The van der Waals surface area contributed by atoms with E-state index in [0.717, 1.165) is 11.1 Å². The Morgan fingerprint density at radius 1 is 1.00 bits per heavy atom. The van der Waals surface area contributed by atoms with Gasteiger partial charge >= 0.3 is 5.97 Å². The SMILES string of the molecule is CCOC(=O)C1=C(c2ccccc2)N=c2sc(=Cc3ccccc3OCC)c(=O)n2[C@@H]1c1cccc(OC)c1. The standard InChI is InChI=1S/C31H28N2O5S/c1-4-37-24-17-10-9-14-21(24)19-25-29(34)33-28(22-15-11-16-23(18-22)36-3)26(30(35)38-5-2)27(32-31(33)39-25)20-12-7-6-8-13-20/h6-19,28H,4-5H2,1-3H3/t28-/m1/s1. The summed E-state index contributed by atoms with van der Waals surface area (Å²) in [6, 6.07) is 23.7. The van der Waals surface area contributed by atoms with Gasteiger partial charge in [-0.1, -0.05) is 72.0 Å². The first-order chi connectivity index (χ1) is 19.0. The quantitative estimate of drug-likeness (QED) is 0.311. The van der Waals surface area contributed by atoms with Gasteiger partial charge < -0.3 is 14.2 Å². The van der Waals surface area contributed by atoms with Crippen molar-refractivity contribution >= 4 is 29.1 Å². The van der Waals surface area contributed by atoms with Gasteiger partial charge in [-0.15, -0.1) is 0 Å². The second-order valence-corrected chi connectivity index (χ2v) is 9.69. The number of esters is 1. The second-order valence-electron chi connectivity index (χ2n) is 8.68. The summed E-state index contributed by atoms with van der Waals surface area (Å²) < 4.78 is 18.8. The number of methoxy groups -OCH3 is 1. The normalized spacial score (nSPS) is 14.9. The molecule has 0 aliphatic carbocycles. The van der Waals surface area contributed by atoms with Gasteiger partial charge in [-0.3, -0.25) is 9.36 Å². The number of carbonyl (C=O) groups excluding carboxylic acids is 1. The third-order valence-corrected chi connectivity index (χ3v) is 7.27. The van der Waals surface area contributed by atoms with E-state index in [1.165, 1.54) is 11.3 Å². The molecule has 1 aliphatic rings. The molecule has 8 heteroatoms. The molecule has 0 radical (unpaired) electrons. The molecule has 4 aromatic rings. The van der Waals surface area contributed by atoms with Gasteiger partial charge in [-0.2, -0.15) is 0 Å². The van der Waals surface area contributed by atoms with Gasteiger partial charge in [-0.05, 0) is 43.7 Å². The molecule has 1 aromatic heterocycles. The highest BCUT2D eigenvalue weighted by Gasteiger charge is 2.35. The first-order valence-corrected chi connectivity index (χ1v) is 13.5. The Morgan fingerprint density at radius 2 is 1.77 bits per heavy atom. The number of fused-ring (bicyclic) bond motifs is 1. The minimum absolute atomic E-state index is 0.188. The number of hydrogen-bond donors (Lipinski definition) is 0. The average molecular weight is 541 g/mol. The number of aromatic nitrogens is 1. The number of thiazole rings is 1. The number of hydrogen-bond acceptors (Lipinski definition) is 7. The van der Waals surface area contributed by atoms with Crippen molar-refractivity contribution in [3.05, 3.63) is 121 Å². The summed E-state index contributed by atoms with van der Waals surface area (Å²) in [7, 11) is 1.58. The zero-order valence-corrected chi connectivity index (χ0v) is 22.7. The maximum absolute atomic E-state index is 14.0. The lowest BCUT2D eigenvalue weighted by molar-refractivity contribution is -0.138. The topological polar surface area (TPSA) is 79.1 Å². The maximum atomic E-state index is 14.0. The van der Waals surface area contributed by atoms with E-state index in [4.69, 9.17) is 19.2 Å². The summed E-state index contributed by atoms with van der Waals surface area (Å²) in [5, 5.41) is 0. The van der Waals surface area contributed by atoms with Gasteiger partial charge in [0, 0.05) is 11.1 Å². The minimum Gasteiger partial charge on any atom is -0.497 e. The fourth-order valence-corrected chi connectivity index (χ4v) is 5.59. The van der Waals surface area contributed by atoms with E-state index in [2.05, 4.69) is 0 Å². The van der Waals surface area contributed by atoms with Crippen molar-refractivity contribution < 1.29 is 19.0 Å². The predicted octanol–water partition coefficient (Wildman–Crippen LogP) is 4.34. The second kappa shape index (κ2) is 11.5. The van der Waals surface area contributed by atoms with Crippen LogP contribution in [0.25, 0.3) is 11.8 Å². The van der Waals surface area contributed by atoms with Crippen molar-refractivity contribution in [2.24, 2.45) is 4.99 Å². The largest absolute Gasteiger partial charge is 0.497 e. The van der Waals surface area contributed by atoms with Crippen molar-refractivity contribution in [2.45, 2.75) is 19.9 Å². The van der Waals surface area contributed by atoms with Crippen molar-refractivity contribution in [2.75, 3.05) is 20.3 Å². The summed E-state index contributed by atoms with van der Waals surface area (Å²) in [5.41, 5.74) is 2.77. The van der Waals surface area contributed by atoms with Crippen LogP contribution in [0.3, 0.4) is 0 Å². The van der Waals surface area contributed by atoms with Crippen LogP contribution in [-0.4, -0.2) is 30.9 Å². The van der Waals surface area contributed by atoms with Crippen LogP contribution in [0.4, 0.5) is 0 Å². The van der Waals surface area contributed by atoms with Gasteiger partial charge in [0.05, 0.1) is 42.2 Å². The van der Waals surface area contributed by atoms with Gasteiger partial charge in [0.15, 0.2) is 4.80 Å². The average Bonchev–Trinajstić information content (AvgIpc) is 3.28. The molecule has 0 saturated heterocycles. The van der Waals surface area contributed by atoms with Crippen LogP contribution >= 0.6 is 11.3 Å². The van der Waals surface area contributed by atoms with E-state index in [-0.39, 0.29) is 12.2 Å². The number of ether oxygens (including phenoxy) is 3. The maximum Gasteiger partial charge on any atom is 0.338 e. The van der Waals surface area contributed by atoms with Crippen LogP contribution in [0.2, 0.25) is 0 Å². The number of rotatable bonds is 8. The van der Waals surface area contributed by atoms with Crippen LogP contribution in [0.5, 0.6) is 11.5 Å². The molecule has 7 nitrogen and oxygen atoms in total. The zero-order valence-electron chi connectivity index (χ0n) is 21.9. The zero-order chi connectivity index (χ0) is 27.4. The Balaban J connectivity index is 1.83. The Kier molecular flexibility index (Phi) is 7.74. The number of benzene rings is 3. The Bertz CT molecular complexity index is 1720. The number of nitrogens with zero attached hydrogens (tertiary/aromatic N) is 2. The molecular weight excluding hydrogens is 512 g/mol. The summed E-state index contributed by atoms with van der Waals surface area (Å²) in [6.45, 7) is 4.37. The third-order valence-electron chi connectivity index (χ3n) is 6.29. The van der Waals surface area contributed by atoms with Gasteiger partial charge in [0.2, 0.25) is 0 Å². The summed E-state index contributed by atoms with van der Waals surface area (Å²) in [5.74, 6) is 0.776. The highest BCUT2D eigenvalue weighted by atomic mass is 32.1. The molecule has 0 spiro atoms. The molecule has 0 bridgehead atoms. The molecule has 2 heterocycles. The van der Waals surface area contributed by atoms with E-state index >= 15 is 0 Å². The Morgan fingerprint density at radius 3 is 2.51 bits per heavy atom. The van der Waals surface area contributed by atoms with E-state index in [9.17, 15) is 9.59 Å². The molecule has 0 unspecified atom stereocenters. The van der Waals surface area contributed by atoms with Crippen LogP contribution in [0, 0.1) is 0 Å². The molecule has 1 aliphatic heterocycles. The lowest BCUT2D eigenvalue weighted by Crippen LogP contribution is -2.40. The van der Waals surface area contributed by atoms with E-state index in [0.29, 0.717) is 44.3 Å². The summed E-state index contributed by atoms with van der Waals surface area (Å²) >= 11 is 1.27. The van der Waals surface area contributed by atoms with E-state index < -0.39 is 12.0 Å². The fraction of sp³-hybridized carbons (Fsp3) is 0.194. The fourth-order valence-electron chi connectivity index (χ4n) is 4.60. The van der Waals surface area contributed by atoms with Crippen molar-refractivity contribution in [1.29, 1.82) is 0 Å². The molecule has 1 atom stereocenters. The molecular formula is C31H28N2O5S. The number of para-hydroxylation sites is 1. The molecule has 39 heavy (non-hydrogen) atoms. The Labute approximate surface area is 229 Å². The van der Waals surface area contributed by atoms with Gasteiger partial charge in [-0.25, -0.2) is 9.79 Å². The highest BCUT2D eigenvalue weighted by Crippen LogP contribution is 2.36. The van der Waals surface area contributed by atoms with Crippen molar-refractivity contribution in [3.63, 3.8) is 0 Å². The molecule has 0 amide bonds. The molecule has 0 N–H and O–H groups in total. The molecule has 5 rings (SSSR count). The predicted molar refractivity (Wildman–Crippen MR) is 152 cm³/mol.